The van der Waals surface area contributed by atoms with Crippen LogP contribution in [0.3, 0.4) is 0 Å². The van der Waals surface area contributed by atoms with Crippen molar-refractivity contribution >= 4 is 15.9 Å². The third kappa shape index (κ3) is 4.61. The highest BCUT2D eigenvalue weighted by molar-refractivity contribution is 9.10. The summed E-state index contributed by atoms with van der Waals surface area (Å²) in [5.41, 5.74) is 2.78. The van der Waals surface area contributed by atoms with Crippen LogP contribution in [-0.2, 0) is 6.42 Å². The van der Waals surface area contributed by atoms with Gasteiger partial charge in [0, 0.05) is 22.9 Å². The van der Waals surface area contributed by atoms with Crippen LogP contribution < -0.4 is 5.32 Å². The summed E-state index contributed by atoms with van der Waals surface area (Å²) in [4.78, 5) is 4.19. The lowest BCUT2D eigenvalue weighted by Gasteiger charge is -2.19. The second-order valence-electron chi connectivity index (χ2n) is 5.23. The molecule has 21 heavy (non-hydrogen) atoms. The molecule has 4 heteroatoms. The molecule has 0 spiro atoms. The van der Waals surface area contributed by atoms with Crippen molar-refractivity contribution in [3.63, 3.8) is 0 Å². The van der Waals surface area contributed by atoms with Crippen molar-refractivity contribution in [2.45, 2.75) is 32.7 Å². The van der Waals surface area contributed by atoms with Gasteiger partial charge in [-0.3, -0.25) is 4.98 Å². The van der Waals surface area contributed by atoms with Crippen molar-refractivity contribution in [3.05, 3.63) is 63.6 Å². The Hall–Kier alpha value is -1.26. The van der Waals surface area contributed by atoms with E-state index in [0.717, 1.165) is 35.0 Å². The molecule has 0 aliphatic carbocycles. The van der Waals surface area contributed by atoms with Gasteiger partial charge in [0.05, 0.1) is 0 Å². The average molecular weight is 351 g/mol. The molecule has 0 amide bonds. The molecule has 1 unspecified atom stereocenters. The first-order chi connectivity index (χ1) is 10.1. The van der Waals surface area contributed by atoms with Gasteiger partial charge in [0.2, 0.25) is 0 Å². The van der Waals surface area contributed by atoms with Gasteiger partial charge in [-0.25, -0.2) is 4.39 Å². The van der Waals surface area contributed by atoms with Crippen molar-refractivity contribution < 1.29 is 4.39 Å². The Morgan fingerprint density at radius 3 is 2.76 bits per heavy atom. The molecule has 0 fully saturated rings. The minimum absolute atomic E-state index is 0.0937. The number of aryl methyl sites for hydroxylation is 1. The van der Waals surface area contributed by atoms with E-state index < -0.39 is 0 Å². The quantitative estimate of drug-likeness (QED) is 0.824. The Labute approximate surface area is 133 Å². The van der Waals surface area contributed by atoms with E-state index in [0.29, 0.717) is 5.56 Å². The van der Waals surface area contributed by atoms with Crippen molar-refractivity contribution in [3.8, 4) is 0 Å². The predicted octanol–water partition coefficient (Wildman–Crippen LogP) is 4.58. The van der Waals surface area contributed by atoms with Gasteiger partial charge < -0.3 is 5.32 Å². The summed E-state index contributed by atoms with van der Waals surface area (Å²) in [7, 11) is 0. The molecular weight excluding hydrogens is 331 g/mol. The summed E-state index contributed by atoms with van der Waals surface area (Å²) in [6.07, 6.45) is 5.45. The Balaban J connectivity index is 2.22. The van der Waals surface area contributed by atoms with E-state index in [-0.39, 0.29) is 11.9 Å². The van der Waals surface area contributed by atoms with Crippen LogP contribution in [0, 0.1) is 12.7 Å². The third-order valence-electron chi connectivity index (χ3n) is 3.44. The van der Waals surface area contributed by atoms with Crippen LogP contribution in [0.4, 0.5) is 4.39 Å². The van der Waals surface area contributed by atoms with Gasteiger partial charge in [-0.15, -0.1) is 0 Å². The van der Waals surface area contributed by atoms with Crippen LogP contribution >= 0.6 is 15.9 Å². The molecule has 1 atom stereocenters. The zero-order valence-electron chi connectivity index (χ0n) is 12.4. The Kier molecular flexibility index (Phi) is 5.88. The van der Waals surface area contributed by atoms with E-state index in [4.69, 9.17) is 0 Å². The zero-order chi connectivity index (χ0) is 15.2. The maximum Gasteiger partial charge on any atom is 0.126 e. The number of pyridine rings is 1. The topological polar surface area (TPSA) is 24.9 Å². The van der Waals surface area contributed by atoms with E-state index >= 15 is 0 Å². The number of hydrogen-bond acceptors (Lipinski definition) is 2. The van der Waals surface area contributed by atoms with Crippen molar-refractivity contribution in [1.82, 2.24) is 10.3 Å². The van der Waals surface area contributed by atoms with Gasteiger partial charge in [0.25, 0.3) is 0 Å². The number of nitrogens with zero attached hydrogens (tertiary/aromatic N) is 1. The molecule has 0 aliphatic rings. The smallest absolute Gasteiger partial charge is 0.126 e. The first kappa shape index (κ1) is 16.1. The lowest BCUT2D eigenvalue weighted by molar-refractivity contribution is 0.523. The lowest BCUT2D eigenvalue weighted by Crippen LogP contribution is -2.24. The minimum Gasteiger partial charge on any atom is -0.310 e. The van der Waals surface area contributed by atoms with Crippen molar-refractivity contribution in [1.29, 1.82) is 0 Å². The predicted molar refractivity (Wildman–Crippen MR) is 87.8 cm³/mol. The molecule has 1 aromatic carbocycles. The van der Waals surface area contributed by atoms with Gasteiger partial charge in [0.15, 0.2) is 0 Å². The van der Waals surface area contributed by atoms with Crippen LogP contribution in [0.5, 0.6) is 0 Å². The number of halogens is 2. The molecule has 0 bridgehead atoms. The van der Waals surface area contributed by atoms with Crippen LogP contribution in [-0.4, -0.2) is 11.5 Å². The molecule has 1 heterocycles. The number of nitrogens with one attached hydrogen (secondary N) is 1. The number of hydrogen-bond donors (Lipinski definition) is 1. The van der Waals surface area contributed by atoms with E-state index in [1.54, 1.807) is 19.2 Å². The molecule has 2 nitrogen and oxygen atoms in total. The first-order valence-electron chi connectivity index (χ1n) is 7.19. The minimum atomic E-state index is -0.150. The van der Waals surface area contributed by atoms with Crippen LogP contribution in [0.25, 0.3) is 0 Å². The molecule has 2 rings (SSSR count). The molecule has 0 radical (unpaired) electrons. The second kappa shape index (κ2) is 7.66. The van der Waals surface area contributed by atoms with E-state index in [9.17, 15) is 4.39 Å². The van der Waals surface area contributed by atoms with Crippen LogP contribution in [0.1, 0.15) is 36.1 Å². The standard InChI is InChI=1S/C17H20BrFN2/c1-3-6-21-17(8-13-7-15(18)11-20-10-13)14-5-4-12(2)16(19)9-14/h4-5,7,9-11,17,21H,3,6,8H2,1-2H3. The maximum atomic E-state index is 13.8. The largest absolute Gasteiger partial charge is 0.310 e. The highest BCUT2D eigenvalue weighted by Gasteiger charge is 2.13. The summed E-state index contributed by atoms with van der Waals surface area (Å²) >= 11 is 3.44. The number of aromatic nitrogens is 1. The van der Waals surface area contributed by atoms with E-state index in [2.05, 4.69) is 39.2 Å². The monoisotopic (exact) mass is 350 g/mol. The SMILES string of the molecule is CCCNC(Cc1cncc(Br)c1)c1ccc(C)c(F)c1. The molecule has 0 saturated carbocycles. The normalized spacial score (nSPS) is 12.4. The van der Waals surface area contributed by atoms with Gasteiger partial charge in [0.1, 0.15) is 5.82 Å². The van der Waals surface area contributed by atoms with E-state index in [1.807, 2.05) is 18.3 Å². The van der Waals surface area contributed by atoms with Crippen molar-refractivity contribution in [2.24, 2.45) is 0 Å². The summed E-state index contributed by atoms with van der Waals surface area (Å²) in [5.74, 6) is -0.150. The molecular formula is C17H20BrFN2. The maximum absolute atomic E-state index is 13.8. The highest BCUT2D eigenvalue weighted by Crippen LogP contribution is 2.22. The van der Waals surface area contributed by atoms with Crippen molar-refractivity contribution in [2.75, 3.05) is 6.54 Å². The fourth-order valence-electron chi connectivity index (χ4n) is 2.26. The number of benzene rings is 1. The average Bonchev–Trinajstić information content (AvgIpc) is 2.46. The third-order valence-corrected chi connectivity index (χ3v) is 3.87. The van der Waals surface area contributed by atoms with Crippen LogP contribution in [0.15, 0.2) is 41.1 Å². The summed E-state index contributed by atoms with van der Waals surface area (Å²) in [6, 6.07) is 7.62. The Bertz CT molecular complexity index is 601. The van der Waals surface area contributed by atoms with Gasteiger partial charge in [-0.05, 0) is 71.1 Å². The zero-order valence-corrected chi connectivity index (χ0v) is 14.0. The second-order valence-corrected chi connectivity index (χ2v) is 6.15. The lowest BCUT2D eigenvalue weighted by atomic mass is 9.98. The van der Waals surface area contributed by atoms with Gasteiger partial charge in [-0.1, -0.05) is 19.1 Å². The van der Waals surface area contributed by atoms with Crippen LogP contribution in [0.2, 0.25) is 0 Å². The number of rotatable bonds is 6. The first-order valence-corrected chi connectivity index (χ1v) is 7.98. The molecule has 2 aromatic rings. The fourth-order valence-corrected chi connectivity index (χ4v) is 2.67. The Morgan fingerprint density at radius 2 is 2.10 bits per heavy atom. The molecule has 0 saturated heterocycles. The summed E-state index contributed by atoms with van der Waals surface area (Å²) < 4.78 is 14.8. The molecule has 0 aliphatic heterocycles. The van der Waals surface area contributed by atoms with Gasteiger partial charge >= 0.3 is 0 Å². The fraction of sp³-hybridized carbons (Fsp3) is 0.353. The summed E-state index contributed by atoms with van der Waals surface area (Å²) in [6.45, 7) is 4.81. The van der Waals surface area contributed by atoms with E-state index in [1.165, 1.54) is 0 Å². The van der Waals surface area contributed by atoms with Gasteiger partial charge in [-0.2, -0.15) is 0 Å². The molecule has 112 valence electrons. The summed E-state index contributed by atoms with van der Waals surface area (Å²) in [5, 5.41) is 3.49. The highest BCUT2D eigenvalue weighted by atomic mass is 79.9. The molecule has 1 aromatic heterocycles. The Morgan fingerprint density at radius 1 is 1.29 bits per heavy atom. The molecule has 1 N–H and O–H groups in total.